The minimum absolute atomic E-state index is 0.172. The number of benzene rings is 2. The lowest BCUT2D eigenvalue weighted by Gasteiger charge is -2.09. The first-order valence-electron chi connectivity index (χ1n) is 8.15. The third-order valence-corrected chi connectivity index (χ3v) is 4.08. The van der Waals surface area contributed by atoms with Crippen LogP contribution >= 0.6 is 11.6 Å². The number of carbonyl (C=O) groups is 3. The van der Waals surface area contributed by atoms with Crippen molar-refractivity contribution in [3.63, 3.8) is 0 Å². The molecule has 3 rings (SSSR count). The minimum Gasteiger partial charge on any atom is -0.452 e. The maximum atomic E-state index is 12.0. The zero-order chi connectivity index (χ0) is 18.5. The van der Waals surface area contributed by atoms with Gasteiger partial charge in [-0.3, -0.25) is 9.59 Å². The molecule has 0 bridgehead atoms. The van der Waals surface area contributed by atoms with Crippen LogP contribution in [0.5, 0.6) is 0 Å². The van der Waals surface area contributed by atoms with Crippen LogP contribution in [-0.2, 0) is 9.53 Å². The maximum absolute atomic E-state index is 12.0. The molecule has 0 atom stereocenters. The van der Waals surface area contributed by atoms with Gasteiger partial charge in [-0.2, -0.15) is 0 Å². The lowest BCUT2D eigenvalue weighted by molar-refractivity contribution is -0.119. The summed E-state index contributed by atoms with van der Waals surface area (Å²) >= 11 is 5.91. The summed E-state index contributed by atoms with van der Waals surface area (Å²) in [6, 6.07) is 13.3. The highest BCUT2D eigenvalue weighted by molar-refractivity contribution is 6.33. The Hall–Kier alpha value is -2.86. The Kier molecular flexibility index (Phi) is 5.53. The van der Waals surface area contributed by atoms with Gasteiger partial charge in [0.05, 0.1) is 10.6 Å². The van der Waals surface area contributed by atoms with Crippen molar-refractivity contribution in [2.45, 2.75) is 18.9 Å². The van der Waals surface area contributed by atoms with E-state index in [4.69, 9.17) is 16.3 Å². The summed E-state index contributed by atoms with van der Waals surface area (Å²) in [5.74, 6) is -1.36. The number of rotatable bonds is 6. The van der Waals surface area contributed by atoms with E-state index < -0.39 is 18.5 Å². The summed E-state index contributed by atoms with van der Waals surface area (Å²) in [4.78, 5) is 35.9. The SMILES string of the molecule is O=C(COC(=O)c1ccccc1Cl)Nc1cccc(C(=O)NC2CC2)c1. The number of hydrogen-bond acceptors (Lipinski definition) is 4. The molecular formula is C19H17ClN2O4. The molecular weight excluding hydrogens is 356 g/mol. The predicted octanol–water partition coefficient (Wildman–Crippen LogP) is 3.03. The third kappa shape index (κ3) is 4.83. The van der Waals surface area contributed by atoms with Crippen LogP contribution in [0.2, 0.25) is 5.02 Å². The molecule has 0 unspecified atom stereocenters. The van der Waals surface area contributed by atoms with Gasteiger partial charge < -0.3 is 15.4 Å². The first-order chi connectivity index (χ1) is 12.5. The number of halogens is 1. The molecule has 2 aromatic carbocycles. The van der Waals surface area contributed by atoms with Crippen molar-refractivity contribution >= 4 is 35.1 Å². The zero-order valence-corrected chi connectivity index (χ0v) is 14.6. The molecule has 2 amide bonds. The molecule has 1 aliphatic carbocycles. The van der Waals surface area contributed by atoms with Crippen LogP contribution in [0.4, 0.5) is 5.69 Å². The maximum Gasteiger partial charge on any atom is 0.340 e. The number of carbonyl (C=O) groups excluding carboxylic acids is 3. The van der Waals surface area contributed by atoms with Gasteiger partial charge in [-0.1, -0.05) is 29.8 Å². The van der Waals surface area contributed by atoms with Crippen molar-refractivity contribution in [3.05, 3.63) is 64.7 Å². The second-order valence-electron chi connectivity index (χ2n) is 5.93. The largest absolute Gasteiger partial charge is 0.452 e. The number of hydrogen-bond donors (Lipinski definition) is 2. The zero-order valence-electron chi connectivity index (χ0n) is 13.8. The van der Waals surface area contributed by atoms with Crippen molar-refractivity contribution in [1.29, 1.82) is 0 Å². The van der Waals surface area contributed by atoms with Crippen LogP contribution in [0.15, 0.2) is 48.5 Å². The van der Waals surface area contributed by atoms with Gasteiger partial charge >= 0.3 is 5.97 Å². The minimum atomic E-state index is -0.677. The monoisotopic (exact) mass is 372 g/mol. The van der Waals surface area contributed by atoms with Gasteiger partial charge in [0.1, 0.15) is 0 Å². The second-order valence-corrected chi connectivity index (χ2v) is 6.34. The van der Waals surface area contributed by atoms with Gasteiger partial charge in [-0.05, 0) is 43.2 Å². The van der Waals surface area contributed by atoms with E-state index in [0.717, 1.165) is 12.8 Å². The van der Waals surface area contributed by atoms with E-state index in [2.05, 4.69) is 10.6 Å². The Balaban J connectivity index is 1.54. The van der Waals surface area contributed by atoms with Crippen LogP contribution in [0.25, 0.3) is 0 Å². The summed E-state index contributed by atoms with van der Waals surface area (Å²) in [5.41, 5.74) is 1.11. The second kappa shape index (κ2) is 8.01. The number of anilines is 1. The summed E-state index contributed by atoms with van der Waals surface area (Å²) < 4.78 is 4.97. The molecule has 1 aliphatic rings. The molecule has 2 aromatic rings. The van der Waals surface area contributed by atoms with E-state index in [0.29, 0.717) is 11.3 Å². The average Bonchev–Trinajstić information content (AvgIpc) is 3.44. The summed E-state index contributed by atoms with van der Waals surface area (Å²) in [6.45, 7) is -0.456. The molecule has 0 heterocycles. The van der Waals surface area contributed by atoms with E-state index in [-0.39, 0.29) is 22.5 Å². The first kappa shape index (κ1) is 17.9. The quantitative estimate of drug-likeness (QED) is 0.763. The molecule has 0 radical (unpaired) electrons. The fourth-order valence-electron chi connectivity index (χ4n) is 2.27. The third-order valence-electron chi connectivity index (χ3n) is 3.75. The Bertz CT molecular complexity index is 849. The number of ether oxygens (including phenoxy) is 1. The Morgan fingerprint density at radius 2 is 1.85 bits per heavy atom. The Labute approximate surface area is 155 Å². The summed E-state index contributed by atoms with van der Waals surface area (Å²) in [6.07, 6.45) is 2.00. The summed E-state index contributed by atoms with van der Waals surface area (Å²) in [5, 5.41) is 5.74. The topological polar surface area (TPSA) is 84.5 Å². The summed E-state index contributed by atoms with van der Waals surface area (Å²) in [7, 11) is 0. The molecule has 1 saturated carbocycles. The van der Waals surface area contributed by atoms with Crippen molar-refractivity contribution in [3.8, 4) is 0 Å². The Morgan fingerprint density at radius 3 is 2.58 bits per heavy atom. The van der Waals surface area contributed by atoms with Gasteiger partial charge in [0, 0.05) is 17.3 Å². The molecule has 6 nitrogen and oxygen atoms in total. The van der Waals surface area contributed by atoms with E-state index in [1.165, 1.54) is 6.07 Å². The number of esters is 1. The van der Waals surface area contributed by atoms with Gasteiger partial charge in [-0.15, -0.1) is 0 Å². The molecule has 2 N–H and O–H groups in total. The van der Waals surface area contributed by atoms with Crippen LogP contribution < -0.4 is 10.6 Å². The van der Waals surface area contributed by atoms with E-state index in [9.17, 15) is 14.4 Å². The fraction of sp³-hybridized carbons (Fsp3) is 0.211. The molecule has 26 heavy (non-hydrogen) atoms. The van der Waals surface area contributed by atoms with Gasteiger partial charge in [0.2, 0.25) is 0 Å². The fourth-order valence-corrected chi connectivity index (χ4v) is 2.48. The lowest BCUT2D eigenvalue weighted by Crippen LogP contribution is -2.25. The predicted molar refractivity (Wildman–Crippen MR) is 97.3 cm³/mol. The molecule has 0 aliphatic heterocycles. The van der Waals surface area contributed by atoms with Crippen LogP contribution in [0.3, 0.4) is 0 Å². The normalized spacial score (nSPS) is 13.0. The van der Waals surface area contributed by atoms with Crippen LogP contribution in [0, 0.1) is 0 Å². The molecule has 7 heteroatoms. The molecule has 0 aromatic heterocycles. The van der Waals surface area contributed by atoms with Crippen molar-refractivity contribution in [1.82, 2.24) is 5.32 Å². The smallest absolute Gasteiger partial charge is 0.340 e. The number of amides is 2. The Morgan fingerprint density at radius 1 is 1.08 bits per heavy atom. The standard InChI is InChI=1S/C19H17ClN2O4/c20-16-7-2-1-6-15(16)19(25)26-11-17(23)21-14-5-3-4-12(10-14)18(24)22-13-8-9-13/h1-7,10,13H,8-9,11H2,(H,21,23)(H,22,24). The van der Waals surface area contributed by atoms with Gasteiger partial charge in [0.15, 0.2) is 6.61 Å². The highest BCUT2D eigenvalue weighted by Gasteiger charge is 2.23. The van der Waals surface area contributed by atoms with Gasteiger partial charge in [-0.25, -0.2) is 4.79 Å². The van der Waals surface area contributed by atoms with E-state index >= 15 is 0 Å². The molecule has 0 spiro atoms. The van der Waals surface area contributed by atoms with Crippen molar-refractivity contribution in [2.75, 3.05) is 11.9 Å². The molecule has 1 fully saturated rings. The average molecular weight is 373 g/mol. The first-order valence-corrected chi connectivity index (χ1v) is 8.53. The highest BCUT2D eigenvalue weighted by Crippen LogP contribution is 2.20. The molecule has 134 valence electrons. The van der Waals surface area contributed by atoms with E-state index in [1.807, 2.05) is 0 Å². The van der Waals surface area contributed by atoms with Gasteiger partial charge in [0.25, 0.3) is 11.8 Å². The van der Waals surface area contributed by atoms with Crippen LogP contribution in [-0.4, -0.2) is 30.4 Å². The van der Waals surface area contributed by atoms with Crippen LogP contribution in [0.1, 0.15) is 33.6 Å². The lowest BCUT2D eigenvalue weighted by atomic mass is 10.2. The van der Waals surface area contributed by atoms with E-state index in [1.54, 1.807) is 42.5 Å². The van der Waals surface area contributed by atoms with Crippen molar-refractivity contribution < 1.29 is 19.1 Å². The number of nitrogens with one attached hydrogen (secondary N) is 2. The molecule has 0 saturated heterocycles. The van der Waals surface area contributed by atoms with Crippen molar-refractivity contribution in [2.24, 2.45) is 0 Å². The highest BCUT2D eigenvalue weighted by atomic mass is 35.5.